The fourth-order valence-corrected chi connectivity index (χ4v) is 1.81. The van der Waals surface area contributed by atoms with Crippen molar-refractivity contribution in [2.45, 2.75) is 18.9 Å². The van der Waals surface area contributed by atoms with Gasteiger partial charge >= 0.3 is 0 Å². The fraction of sp³-hybridized carbons (Fsp3) is 0.417. The van der Waals surface area contributed by atoms with E-state index in [-0.39, 0.29) is 12.0 Å². The lowest BCUT2D eigenvalue weighted by Crippen LogP contribution is -2.27. The van der Waals surface area contributed by atoms with Crippen LogP contribution in [0.15, 0.2) is 18.2 Å². The Morgan fingerprint density at radius 3 is 3.06 bits per heavy atom. The molecular formula is C12H16N2O3. The van der Waals surface area contributed by atoms with E-state index in [2.05, 4.69) is 5.32 Å². The summed E-state index contributed by atoms with van der Waals surface area (Å²) in [4.78, 5) is 11.8. The quantitative estimate of drug-likeness (QED) is 0.778. The first-order valence-electron chi connectivity index (χ1n) is 5.56. The Morgan fingerprint density at radius 1 is 1.59 bits per heavy atom. The molecular weight excluding hydrogens is 220 g/mol. The van der Waals surface area contributed by atoms with Gasteiger partial charge in [-0.3, -0.25) is 4.79 Å². The molecule has 1 atom stereocenters. The molecule has 0 bridgehead atoms. The number of anilines is 2. The van der Waals surface area contributed by atoms with Crippen LogP contribution in [0.3, 0.4) is 0 Å². The third-order valence-electron chi connectivity index (χ3n) is 2.71. The lowest BCUT2D eigenvalue weighted by molar-refractivity contribution is -0.124. The molecule has 0 unspecified atom stereocenters. The highest BCUT2D eigenvalue weighted by Gasteiger charge is 2.24. The highest BCUT2D eigenvalue weighted by molar-refractivity contribution is 5.95. The molecule has 1 heterocycles. The van der Waals surface area contributed by atoms with E-state index in [1.54, 1.807) is 18.2 Å². The molecule has 92 valence electrons. The zero-order valence-electron chi connectivity index (χ0n) is 9.73. The summed E-state index contributed by atoms with van der Waals surface area (Å²) in [5, 5.41) is 2.79. The number of hydrogen-bond acceptors (Lipinski definition) is 4. The molecule has 1 amide bonds. The van der Waals surface area contributed by atoms with Crippen molar-refractivity contribution < 1.29 is 14.3 Å². The Labute approximate surface area is 99.9 Å². The predicted molar refractivity (Wildman–Crippen MR) is 65.0 cm³/mol. The number of hydrogen-bond donors (Lipinski definition) is 2. The maximum atomic E-state index is 11.8. The van der Waals surface area contributed by atoms with E-state index in [9.17, 15) is 4.79 Å². The SMILES string of the molecule is COc1cc(N)ccc1NC(=O)[C@@H]1CCCO1. The lowest BCUT2D eigenvalue weighted by atomic mass is 10.2. The molecule has 1 aromatic carbocycles. The molecule has 0 aromatic heterocycles. The Bertz CT molecular complexity index is 414. The molecule has 0 aliphatic carbocycles. The first kappa shape index (κ1) is 11.7. The van der Waals surface area contributed by atoms with Crippen molar-refractivity contribution in [1.29, 1.82) is 0 Å². The molecule has 0 spiro atoms. The van der Waals surface area contributed by atoms with Crippen molar-refractivity contribution in [3.63, 3.8) is 0 Å². The van der Waals surface area contributed by atoms with Gasteiger partial charge in [0, 0.05) is 18.4 Å². The van der Waals surface area contributed by atoms with E-state index < -0.39 is 0 Å². The van der Waals surface area contributed by atoms with Gasteiger partial charge in [-0.05, 0) is 25.0 Å². The van der Waals surface area contributed by atoms with Crippen LogP contribution in [0.4, 0.5) is 11.4 Å². The third-order valence-corrected chi connectivity index (χ3v) is 2.71. The minimum atomic E-state index is -0.350. The second-order valence-corrected chi connectivity index (χ2v) is 3.95. The Morgan fingerprint density at radius 2 is 2.41 bits per heavy atom. The number of carbonyl (C=O) groups excluding carboxylic acids is 1. The Hall–Kier alpha value is -1.75. The zero-order chi connectivity index (χ0) is 12.3. The van der Waals surface area contributed by atoms with Crippen molar-refractivity contribution in [1.82, 2.24) is 0 Å². The molecule has 1 aliphatic heterocycles. The van der Waals surface area contributed by atoms with Gasteiger partial charge in [-0.2, -0.15) is 0 Å². The predicted octanol–water partition coefficient (Wildman–Crippen LogP) is 1.39. The number of amides is 1. The van der Waals surface area contributed by atoms with Gasteiger partial charge in [-0.15, -0.1) is 0 Å². The standard InChI is InChI=1S/C12H16N2O3/c1-16-11-7-8(13)4-5-9(11)14-12(15)10-3-2-6-17-10/h4-5,7,10H,2-3,6,13H2,1H3,(H,14,15)/t10-/m0/s1. The molecule has 5 heteroatoms. The Balaban J connectivity index is 2.09. The second-order valence-electron chi connectivity index (χ2n) is 3.95. The molecule has 1 aromatic rings. The largest absolute Gasteiger partial charge is 0.494 e. The fourth-order valence-electron chi connectivity index (χ4n) is 1.81. The lowest BCUT2D eigenvalue weighted by Gasteiger charge is -2.13. The van der Waals surface area contributed by atoms with Gasteiger partial charge in [-0.1, -0.05) is 0 Å². The summed E-state index contributed by atoms with van der Waals surface area (Å²) in [6, 6.07) is 5.11. The van der Waals surface area contributed by atoms with Crippen molar-refractivity contribution in [3.8, 4) is 5.75 Å². The zero-order valence-corrected chi connectivity index (χ0v) is 9.73. The van der Waals surface area contributed by atoms with Crippen LogP contribution in [0.25, 0.3) is 0 Å². The summed E-state index contributed by atoms with van der Waals surface area (Å²) in [6.07, 6.45) is 1.34. The monoisotopic (exact) mass is 236 g/mol. The summed E-state index contributed by atoms with van der Waals surface area (Å²) in [5.41, 5.74) is 6.85. The van der Waals surface area contributed by atoms with E-state index >= 15 is 0 Å². The topological polar surface area (TPSA) is 73.6 Å². The summed E-state index contributed by atoms with van der Waals surface area (Å²) in [5.74, 6) is 0.418. The second kappa shape index (κ2) is 5.05. The van der Waals surface area contributed by atoms with Crippen molar-refractivity contribution in [2.24, 2.45) is 0 Å². The van der Waals surface area contributed by atoms with Gasteiger partial charge in [0.1, 0.15) is 11.9 Å². The molecule has 3 N–H and O–H groups in total. The van der Waals surface area contributed by atoms with Crippen LogP contribution in [-0.2, 0) is 9.53 Å². The average Bonchev–Trinajstić information content (AvgIpc) is 2.85. The van der Waals surface area contributed by atoms with E-state index in [1.165, 1.54) is 7.11 Å². The molecule has 1 aliphatic rings. The van der Waals surface area contributed by atoms with Gasteiger partial charge in [-0.25, -0.2) is 0 Å². The number of nitrogens with two attached hydrogens (primary N) is 1. The van der Waals surface area contributed by atoms with Crippen LogP contribution in [0, 0.1) is 0 Å². The average molecular weight is 236 g/mol. The van der Waals surface area contributed by atoms with Crippen LogP contribution in [0.5, 0.6) is 5.75 Å². The van der Waals surface area contributed by atoms with Crippen LogP contribution >= 0.6 is 0 Å². The normalized spacial score (nSPS) is 19.0. The number of nitrogen functional groups attached to an aromatic ring is 1. The smallest absolute Gasteiger partial charge is 0.253 e. The maximum Gasteiger partial charge on any atom is 0.253 e. The number of nitrogens with one attached hydrogen (secondary N) is 1. The minimum absolute atomic E-state index is 0.134. The van der Waals surface area contributed by atoms with E-state index in [0.717, 1.165) is 12.8 Å². The van der Waals surface area contributed by atoms with Crippen molar-refractivity contribution in [3.05, 3.63) is 18.2 Å². The highest BCUT2D eigenvalue weighted by atomic mass is 16.5. The summed E-state index contributed by atoms with van der Waals surface area (Å²) in [6.45, 7) is 0.650. The van der Waals surface area contributed by atoms with E-state index in [4.69, 9.17) is 15.2 Å². The summed E-state index contributed by atoms with van der Waals surface area (Å²) in [7, 11) is 1.54. The van der Waals surface area contributed by atoms with E-state index in [1.807, 2.05) is 0 Å². The van der Waals surface area contributed by atoms with Crippen LogP contribution in [-0.4, -0.2) is 25.7 Å². The number of methoxy groups -OCH3 is 1. The van der Waals surface area contributed by atoms with Crippen LogP contribution in [0.1, 0.15) is 12.8 Å². The number of ether oxygens (including phenoxy) is 2. The first-order chi connectivity index (χ1) is 8.20. The summed E-state index contributed by atoms with van der Waals surface area (Å²) < 4.78 is 10.5. The molecule has 1 saturated heterocycles. The molecule has 17 heavy (non-hydrogen) atoms. The highest BCUT2D eigenvalue weighted by Crippen LogP contribution is 2.27. The molecule has 2 rings (SSSR count). The molecule has 0 saturated carbocycles. The summed E-state index contributed by atoms with van der Waals surface area (Å²) >= 11 is 0. The molecule has 1 fully saturated rings. The van der Waals surface area contributed by atoms with Gasteiger partial charge < -0.3 is 20.5 Å². The first-order valence-corrected chi connectivity index (χ1v) is 5.56. The molecule has 0 radical (unpaired) electrons. The number of benzene rings is 1. The van der Waals surface area contributed by atoms with Crippen molar-refractivity contribution in [2.75, 3.05) is 24.8 Å². The van der Waals surface area contributed by atoms with Crippen molar-refractivity contribution >= 4 is 17.3 Å². The van der Waals surface area contributed by atoms with Crippen LogP contribution < -0.4 is 15.8 Å². The van der Waals surface area contributed by atoms with E-state index in [0.29, 0.717) is 23.7 Å². The number of rotatable bonds is 3. The Kier molecular flexibility index (Phi) is 3.49. The minimum Gasteiger partial charge on any atom is -0.494 e. The third kappa shape index (κ3) is 2.68. The number of carbonyl (C=O) groups is 1. The van der Waals surface area contributed by atoms with Crippen LogP contribution in [0.2, 0.25) is 0 Å². The van der Waals surface area contributed by atoms with Gasteiger partial charge in [0.25, 0.3) is 5.91 Å². The van der Waals surface area contributed by atoms with Gasteiger partial charge in [0.2, 0.25) is 0 Å². The maximum absolute atomic E-state index is 11.8. The van der Waals surface area contributed by atoms with Gasteiger partial charge in [0.05, 0.1) is 12.8 Å². The molecule has 5 nitrogen and oxygen atoms in total. The van der Waals surface area contributed by atoms with Gasteiger partial charge in [0.15, 0.2) is 0 Å².